The van der Waals surface area contributed by atoms with Crippen LogP contribution in [-0.4, -0.2) is 18.9 Å². The van der Waals surface area contributed by atoms with Crippen molar-refractivity contribution in [2.45, 2.75) is 0 Å². The standard InChI is InChI=1S/C17H13FN2O2/c1-22-14-4-2-3-12(10-14)16-19-15(17(21)20-16)9-11-5-7-13(18)8-6-11/h2-10H,1H3,(H,19,20,21)/b15-9+. The number of nitrogens with one attached hydrogen (secondary N) is 1. The summed E-state index contributed by atoms with van der Waals surface area (Å²) in [5.74, 6) is 0.545. The first-order chi connectivity index (χ1) is 10.7. The van der Waals surface area contributed by atoms with Gasteiger partial charge in [-0.1, -0.05) is 24.3 Å². The Hall–Kier alpha value is -2.95. The number of rotatable bonds is 3. The van der Waals surface area contributed by atoms with Gasteiger partial charge in [-0.25, -0.2) is 9.38 Å². The van der Waals surface area contributed by atoms with Gasteiger partial charge in [0.2, 0.25) is 0 Å². The first-order valence-electron chi connectivity index (χ1n) is 6.67. The second-order valence-corrected chi connectivity index (χ2v) is 4.73. The number of amides is 1. The van der Waals surface area contributed by atoms with E-state index in [2.05, 4.69) is 10.3 Å². The number of ether oxygens (including phenoxy) is 1. The minimum absolute atomic E-state index is 0.282. The van der Waals surface area contributed by atoms with Crippen LogP contribution in [0, 0.1) is 5.82 Å². The van der Waals surface area contributed by atoms with Crippen molar-refractivity contribution < 1.29 is 13.9 Å². The largest absolute Gasteiger partial charge is 0.497 e. The molecule has 1 aliphatic heterocycles. The van der Waals surface area contributed by atoms with Gasteiger partial charge in [0.05, 0.1) is 7.11 Å². The van der Waals surface area contributed by atoms with Gasteiger partial charge in [0, 0.05) is 5.56 Å². The Balaban J connectivity index is 1.92. The lowest BCUT2D eigenvalue weighted by Crippen LogP contribution is -2.24. The number of hydrogen-bond acceptors (Lipinski definition) is 3. The Bertz CT molecular complexity index is 780. The lowest BCUT2D eigenvalue weighted by Gasteiger charge is -2.03. The van der Waals surface area contributed by atoms with Crippen LogP contribution < -0.4 is 10.1 Å². The molecule has 0 saturated carbocycles. The molecule has 0 aromatic heterocycles. The monoisotopic (exact) mass is 296 g/mol. The summed E-state index contributed by atoms with van der Waals surface area (Å²) >= 11 is 0. The number of halogens is 1. The minimum atomic E-state index is -0.321. The zero-order valence-corrected chi connectivity index (χ0v) is 11.8. The summed E-state index contributed by atoms with van der Waals surface area (Å²) in [5.41, 5.74) is 1.75. The molecule has 0 bridgehead atoms. The number of amidine groups is 1. The van der Waals surface area contributed by atoms with Crippen LogP contribution in [0.5, 0.6) is 5.75 Å². The Morgan fingerprint density at radius 2 is 1.95 bits per heavy atom. The molecule has 22 heavy (non-hydrogen) atoms. The summed E-state index contributed by atoms with van der Waals surface area (Å²) < 4.78 is 18.0. The summed E-state index contributed by atoms with van der Waals surface area (Å²) in [7, 11) is 1.58. The van der Waals surface area contributed by atoms with Gasteiger partial charge in [0.15, 0.2) is 0 Å². The van der Waals surface area contributed by atoms with Crippen molar-refractivity contribution in [3.63, 3.8) is 0 Å². The Morgan fingerprint density at radius 1 is 1.18 bits per heavy atom. The molecule has 3 rings (SSSR count). The second kappa shape index (κ2) is 5.81. The number of hydrogen-bond donors (Lipinski definition) is 1. The Kier molecular flexibility index (Phi) is 3.70. The third-order valence-corrected chi connectivity index (χ3v) is 3.21. The molecule has 0 fully saturated rings. The Labute approximate surface area is 127 Å². The average molecular weight is 296 g/mol. The van der Waals surface area contributed by atoms with Gasteiger partial charge >= 0.3 is 0 Å². The fraction of sp³-hybridized carbons (Fsp3) is 0.0588. The highest BCUT2D eigenvalue weighted by Crippen LogP contribution is 2.18. The molecule has 110 valence electrons. The lowest BCUT2D eigenvalue weighted by atomic mass is 10.2. The third-order valence-electron chi connectivity index (χ3n) is 3.21. The molecule has 1 aliphatic rings. The number of nitrogens with zero attached hydrogens (tertiary/aromatic N) is 1. The molecule has 1 amide bonds. The van der Waals surface area contributed by atoms with Gasteiger partial charge in [-0.3, -0.25) is 4.79 Å². The molecular weight excluding hydrogens is 283 g/mol. The van der Waals surface area contributed by atoms with E-state index in [4.69, 9.17) is 4.74 Å². The van der Waals surface area contributed by atoms with Crippen LogP contribution in [0.2, 0.25) is 0 Å². The van der Waals surface area contributed by atoms with E-state index < -0.39 is 0 Å². The van der Waals surface area contributed by atoms with Gasteiger partial charge in [0.1, 0.15) is 23.1 Å². The number of carbonyl (C=O) groups excluding carboxylic acids is 1. The highest BCUT2D eigenvalue weighted by molar-refractivity contribution is 6.19. The predicted octanol–water partition coefficient (Wildman–Crippen LogP) is 2.75. The quantitative estimate of drug-likeness (QED) is 0.885. The fourth-order valence-electron chi connectivity index (χ4n) is 2.09. The molecule has 0 aliphatic carbocycles. The van der Waals surface area contributed by atoms with Gasteiger partial charge in [-0.05, 0) is 35.9 Å². The number of aliphatic imine (C=N–C) groups is 1. The molecule has 0 radical (unpaired) electrons. The van der Waals surface area contributed by atoms with Crippen molar-refractivity contribution in [3.05, 3.63) is 71.2 Å². The average Bonchev–Trinajstić information content (AvgIpc) is 2.91. The van der Waals surface area contributed by atoms with Crippen molar-refractivity contribution in [2.24, 2.45) is 4.99 Å². The van der Waals surface area contributed by atoms with Crippen LogP contribution >= 0.6 is 0 Å². The Morgan fingerprint density at radius 3 is 2.68 bits per heavy atom. The van der Waals surface area contributed by atoms with E-state index in [9.17, 15) is 9.18 Å². The van der Waals surface area contributed by atoms with Crippen LogP contribution in [0.4, 0.5) is 4.39 Å². The predicted molar refractivity (Wildman–Crippen MR) is 82.1 cm³/mol. The maximum Gasteiger partial charge on any atom is 0.275 e. The van der Waals surface area contributed by atoms with Gasteiger partial charge in [-0.15, -0.1) is 0 Å². The van der Waals surface area contributed by atoms with Crippen LogP contribution in [0.3, 0.4) is 0 Å². The summed E-state index contributed by atoms with van der Waals surface area (Å²) in [5, 5.41) is 2.72. The normalized spacial score (nSPS) is 15.6. The SMILES string of the molecule is COc1cccc(C2=N/C(=C/c3ccc(F)cc3)C(=O)N2)c1. The summed E-state index contributed by atoms with van der Waals surface area (Å²) in [4.78, 5) is 16.3. The van der Waals surface area contributed by atoms with E-state index in [1.807, 2.05) is 18.2 Å². The highest BCUT2D eigenvalue weighted by Gasteiger charge is 2.21. The second-order valence-electron chi connectivity index (χ2n) is 4.73. The van der Waals surface area contributed by atoms with Crippen LogP contribution in [0.25, 0.3) is 6.08 Å². The maximum atomic E-state index is 12.9. The molecule has 1 N–H and O–H groups in total. The molecule has 0 spiro atoms. The minimum Gasteiger partial charge on any atom is -0.497 e. The first kappa shape index (κ1) is 14.0. The molecule has 0 saturated heterocycles. The summed E-state index contributed by atoms with van der Waals surface area (Å²) in [6.07, 6.45) is 1.61. The van der Waals surface area contributed by atoms with Crippen LogP contribution in [-0.2, 0) is 4.79 Å². The zero-order valence-electron chi connectivity index (χ0n) is 11.8. The van der Waals surface area contributed by atoms with Gasteiger partial charge in [-0.2, -0.15) is 0 Å². The molecule has 5 heteroatoms. The lowest BCUT2D eigenvalue weighted by molar-refractivity contribution is -0.115. The number of methoxy groups -OCH3 is 1. The topological polar surface area (TPSA) is 50.7 Å². The van der Waals surface area contributed by atoms with E-state index >= 15 is 0 Å². The number of benzene rings is 2. The van der Waals surface area contributed by atoms with Crippen molar-refractivity contribution in [1.29, 1.82) is 0 Å². The number of carbonyl (C=O) groups is 1. The zero-order chi connectivity index (χ0) is 15.5. The van der Waals surface area contributed by atoms with E-state index in [1.54, 1.807) is 31.4 Å². The van der Waals surface area contributed by atoms with Crippen molar-refractivity contribution >= 4 is 17.8 Å². The highest BCUT2D eigenvalue weighted by atomic mass is 19.1. The van der Waals surface area contributed by atoms with E-state index in [-0.39, 0.29) is 17.4 Å². The molecule has 2 aromatic carbocycles. The molecule has 2 aromatic rings. The molecular formula is C17H13FN2O2. The molecule has 4 nitrogen and oxygen atoms in total. The third kappa shape index (κ3) is 2.88. The van der Waals surface area contributed by atoms with Crippen LogP contribution in [0.1, 0.15) is 11.1 Å². The van der Waals surface area contributed by atoms with E-state index in [1.165, 1.54) is 12.1 Å². The summed E-state index contributed by atoms with van der Waals surface area (Å²) in [6.45, 7) is 0. The van der Waals surface area contributed by atoms with E-state index in [0.717, 1.165) is 5.56 Å². The summed E-state index contributed by atoms with van der Waals surface area (Å²) in [6, 6.07) is 13.1. The smallest absolute Gasteiger partial charge is 0.275 e. The fourth-order valence-corrected chi connectivity index (χ4v) is 2.09. The molecule has 0 atom stereocenters. The molecule has 0 unspecified atom stereocenters. The van der Waals surface area contributed by atoms with E-state index in [0.29, 0.717) is 17.1 Å². The van der Waals surface area contributed by atoms with Crippen LogP contribution in [0.15, 0.2) is 59.2 Å². The first-order valence-corrected chi connectivity index (χ1v) is 6.67. The van der Waals surface area contributed by atoms with Gasteiger partial charge < -0.3 is 10.1 Å². The van der Waals surface area contributed by atoms with Crippen molar-refractivity contribution in [1.82, 2.24) is 5.32 Å². The maximum absolute atomic E-state index is 12.9. The van der Waals surface area contributed by atoms with Crippen molar-refractivity contribution in [2.75, 3.05) is 7.11 Å². The molecule has 1 heterocycles. The van der Waals surface area contributed by atoms with Gasteiger partial charge in [0.25, 0.3) is 5.91 Å². The van der Waals surface area contributed by atoms with Crippen molar-refractivity contribution in [3.8, 4) is 5.75 Å².